The Balaban J connectivity index is 2.16. The van der Waals surface area contributed by atoms with Crippen molar-refractivity contribution in [3.63, 3.8) is 0 Å². The zero-order valence-corrected chi connectivity index (χ0v) is 12.4. The highest BCUT2D eigenvalue weighted by Gasteiger charge is 2.29. The van der Waals surface area contributed by atoms with Gasteiger partial charge >= 0.3 is 6.18 Å². The summed E-state index contributed by atoms with van der Waals surface area (Å²) in [5.74, 6) is 5.19. The summed E-state index contributed by atoms with van der Waals surface area (Å²) in [6.07, 6.45) is -4.43. The molecular weight excluding hydrogens is 329 g/mol. The molecule has 0 atom stereocenters. The van der Waals surface area contributed by atoms with Gasteiger partial charge in [0.2, 0.25) is 5.88 Å². The van der Waals surface area contributed by atoms with Gasteiger partial charge in [0.1, 0.15) is 5.84 Å². The van der Waals surface area contributed by atoms with Crippen molar-refractivity contribution in [1.29, 1.82) is 0 Å². The van der Waals surface area contributed by atoms with Gasteiger partial charge in [-0.2, -0.15) is 18.3 Å². The van der Waals surface area contributed by atoms with Gasteiger partial charge in [-0.3, -0.25) is 0 Å². The third-order valence-electron chi connectivity index (χ3n) is 3.17. The van der Waals surface area contributed by atoms with Crippen LogP contribution in [0.1, 0.15) is 5.56 Å². The second kappa shape index (κ2) is 5.58. The van der Waals surface area contributed by atoms with E-state index in [1.54, 1.807) is 29.6 Å². The number of thiophene rings is 1. The van der Waals surface area contributed by atoms with Gasteiger partial charge in [0, 0.05) is 15.6 Å². The summed E-state index contributed by atoms with van der Waals surface area (Å²) in [5, 5.41) is 6.51. The van der Waals surface area contributed by atoms with Crippen molar-refractivity contribution in [2.75, 3.05) is 6.61 Å². The van der Waals surface area contributed by atoms with Gasteiger partial charge < -0.3 is 16.3 Å². The highest BCUT2D eigenvalue weighted by molar-refractivity contribution is 7.18. The fraction of sp³-hybridized carbons (Fsp3) is 0.143. The number of halogens is 3. The highest BCUT2D eigenvalue weighted by atomic mass is 32.1. The molecule has 4 N–H and O–H groups in total. The second-order valence-corrected chi connectivity index (χ2v) is 5.65. The Morgan fingerprint density at radius 1 is 1.26 bits per heavy atom. The summed E-state index contributed by atoms with van der Waals surface area (Å²) < 4.78 is 42.9. The van der Waals surface area contributed by atoms with Crippen molar-refractivity contribution in [1.82, 2.24) is 4.98 Å². The molecule has 0 amide bonds. The van der Waals surface area contributed by atoms with Gasteiger partial charge in [0.05, 0.1) is 10.9 Å². The van der Waals surface area contributed by atoms with Crippen LogP contribution in [-0.2, 0) is 0 Å². The molecule has 0 aliphatic heterocycles. The van der Waals surface area contributed by atoms with Crippen LogP contribution in [0.3, 0.4) is 0 Å². The number of nitrogens with two attached hydrogens (primary N) is 2. The number of ether oxygens (including phenoxy) is 1. The molecule has 0 radical (unpaired) electrons. The van der Waals surface area contributed by atoms with Crippen LogP contribution in [0.5, 0.6) is 5.88 Å². The molecule has 1 aromatic carbocycles. The molecule has 0 saturated carbocycles. The Hall–Kier alpha value is -2.55. The maximum Gasteiger partial charge on any atom is 0.422 e. The van der Waals surface area contributed by atoms with Crippen molar-refractivity contribution in [3.05, 3.63) is 35.2 Å². The summed E-state index contributed by atoms with van der Waals surface area (Å²) in [6, 6.07) is 6.80. The van der Waals surface area contributed by atoms with E-state index in [1.807, 2.05) is 0 Å². The molecule has 5 nitrogen and oxygen atoms in total. The first-order chi connectivity index (χ1) is 10.9. The quantitative estimate of drug-likeness (QED) is 0.332. The first-order valence-corrected chi connectivity index (χ1v) is 7.31. The van der Waals surface area contributed by atoms with E-state index in [-0.39, 0.29) is 11.7 Å². The monoisotopic (exact) mass is 340 g/mol. The minimum atomic E-state index is -4.43. The lowest BCUT2D eigenvalue weighted by Crippen LogP contribution is -2.19. The number of alkyl halides is 3. The zero-order chi connectivity index (χ0) is 16.6. The standard InChI is InChI=1S/C14H11F3N4OS/c15-14(16,17)6-22-13-9-3-4-23-11(9)8-2-1-7(12(18)21-19)5-10(8)20-13/h1-5H,6,19H2,(H2,18,21). The van der Waals surface area contributed by atoms with Gasteiger partial charge in [-0.15, -0.1) is 11.3 Å². The number of pyridine rings is 1. The van der Waals surface area contributed by atoms with E-state index >= 15 is 0 Å². The fourth-order valence-corrected chi connectivity index (χ4v) is 3.09. The summed E-state index contributed by atoms with van der Waals surface area (Å²) >= 11 is 1.40. The van der Waals surface area contributed by atoms with E-state index in [1.165, 1.54) is 11.3 Å². The van der Waals surface area contributed by atoms with E-state index in [2.05, 4.69) is 10.1 Å². The lowest BCUT2D eigenvalue weighted by atomic mass is 10.1. The topological polar surface area (TPSA) is 86.5 Å². The number of hydrogen-bond donors (Lipinski definition) is 2. The SMILES string of the molecule is N/N=C(\N)c1ccc2c(c1)nc(OCC(F)(F)F)c1ccsc12. The normalized spacial score (nSPS) is 12.9. The minimum absolute atomic E-state index is 0.0634. The number of nitrogens with zero attached hydrogens (tertiary/aromatic N) is 2. The third kappa shape index (κ3) is 3.00. The van der Waals surface area contributed by atoms with Gasteiger partial charge in [-0.05, 0) is 17.5 Å². The molecular formula is C14H11F3N4OS. The van der Waals surface area contributed by atoms with E-state index in [9.17, 15) is 13.2 Å². The molecule has 2 aromatic heterocycles. The number of benzene rings is 1. The van der Waals surface area contributed by atoms with Crippen LogP contribution in [0.25, 0.3) is 21.0 Å². The van der Waals surface area contributed by atoms with Crippen LogP contribution >= 0.6 is 11.3 Å². The van der Waals surface area contributed by atoms with E-state index in [0.29, 0.717) is 16.5 Å². The van der Waals surface area contributed by atoms with E-state index in [4.69, 9.17) is 16.3 Å². The molecule has 0 bridgehead atoms. The van der Waals surface area contributed by atoms with Crippen LogP contribution in [0.15, 0.2) is 34.7 Å². The van der Waals surface area contributed by atoms with Crippen molar-refractivity contribution in [2.45, 2.75) is 6.18 Å². The van der Waals surface area contributed by atoms with Gasteiger partial charge in [0.15, 0.2) is 6.61 Å². The third-order valence-corrected chi connectivity index (χ3v) is 4.12. The molecule has 120 valence electrons. The minimum Gasteiger partial charge on any atom is -0.468 e. The number of hydrazone groups is 1. The molecule has 0 fully saturated rings. The number of rotatable bonds is 3. The average Bonchev–Trinajstić information content (AvgIpc) is 3.00. The maximum absolute atomic E-state index is 12.4. The number of fused-ring (bicyclic) bond motifs is 3. The molecule has 9 heteroatoms. The Morgan fingerprint density at radius 3 is 2.74 bits per heavy atom. The van der Waals surface area contributed by atoms with Gasteiger partial charge in [-0.25, -0.2) is 4.98 Å². The first-order valence-electron chi connectivity index (χ1n) is 6.43. The summed E-state index contributed by atoms with van der Waals surface area (Å²) in [4.78, 5) is 4.19. The number of amidine groups is 1. The fourth-order valence-electron chi connectivity index (χ4n) is 2.17. The molecule has 3 aromatic rings. The molecule has 0 spiro atoms. The molecule has 2 heterocycles. The Labute approximate surface area is 132 Å². The van der Waals surface area contributed by atoms with Crippen molar-refractivity contribution < 1.29 is 17.9 Å². The zero-order valence-electron chi connectivity index (χ0n) is 11.6. The van der Waals surface area contributed by atoms with E-state index < -0.39 is 12.8 Å². The average molecular weight is 340 g/mol. The van der Waals surface area contributed by atoms with Gasteiger partial charge in [0.25, 0.3) is 0 Å². The van der Waals surface area contributed by atoms with Crippen molar-refractivity contribution >= 4 is 38.2 Å². The predicted octanol–water partition coefficient (Wildman–Crippen LogP) is 2.97. The van der Waals surface area contributed by atoms with E-state index in [0.717, 1.165) is 10.1 Å². The van der Waals surface area contributed by atoms with Gasteiger partial charge in [-0.1, -0.05) is 12.1 Å². The Bertz CT molecular complexity index is 904. The predicted molar refractivity (Wildman–Crippen MR) is 83.6 cm³/mol. The van der Waals surface area contributed by atoms with Crippen LogP contribution in [0.2, 0.25) is 0 Å². The first kappa shape index (κ1) is 15.3. The smallest absolute Gasteiger partial charge is 0.422 e. The Morgan fingerprint density at radius 2 is 2.04 bits per heavy atom. The molecule has 0 saturated heterocycles. The lowest BCUT2D eigenvalue weighted by molar-refractivity contribution is -0.153. The molecule has 0 aliphatic rings. The van der Waals surface area contributed by atoms with Crippen LogP contribution in [-0.4, -0.2) is 23.6 Å². The van der Waals surface area contributed by atoms with Crippen LogP contribution in [0.4, 0.5) is 13.2 Å². The number of aromatic nitrogens is 1. The molecule has 23 heavy (non-hydrogen) atoms. The second-order valence-electron chi connectivity index (χ2n) is 4.73. The van der Waals surface area contributed by atoms with Crippen LogP contribution < -0.4 is 16.3 Å². The summed E-state index contributed by atoms with van der Waals surface area (Å²) in [7, 11) is 0. The summed E-state index contributed by atoms with van der Waals surface area (Å²) in [6.45, 7) is -1.40. The lowest BCUT2D eigenvalue weighted by Gasteiger charge is -2.11. The van der Waals surface area contributed by atoms with Crippen molar-refractivity contribution in [2.24, 2.45) is 16.7 Å². The molecule has 0 unspecified atom stereocenters. The highest BCUT2D eigenvalue weighted by Crippen LogP contribution is 2.35. The largest absolute Gasteiger partial charge is 0.468 e. The Kier molecular flexibility index (Phi) is 3.72. The summed E-state index contributed by atoms with van der Waals surface area (Å²) in [5.41, 5.74) is 6.64. The molecule has 0 aliphatic carbocycles. The maximum atomic E-state index is 12.4. The number of hydrogen-bond acceptors (Lipinski definition) is 5. The van der Waals surface area contributed by atoms with Crippen molar-refractivity contribution in [3.8, 4) is 5.88 Å². The molecule has 3 rings (SSSR count). The van der Waals surface area contributed by atoms with Crippen LogP contribution in [0, 0.1) is 0 Å².